The Morgan fingerprint density at radius 2 is 2.00 bits per heavy atom. The highest BCUT2D eigenvalue weighted by Crippen LogP contribution is 2.72. The van der Waals surface area contributed by atoms with E-state index < -0.39 is 17.1 Å². The lowest BCUT2D eigenvalue weighted by molar-refractivity contribution is -0.157. The molecule has 0 radical (unpaired) electrons. The number of fused-ring (bicyclic) bond motifs is 7. The second-order valence-electron chi connectivity index (χ2n) is 10.1. The molecule has 2 N–H and O–H groups in total. The smallest absolute Gasteiger partial charge is 0.161 e. The van der Waals surface area contributed by atoms with Crippen molar-refractivity contribution in [1.29, 1.82) is 0 Å². The van der Waals surface area contributed by atoms with E-state index in [9.17, 15) is 19.8 Å². The number of carbonyl (C=O) groups is 2. The van der Waals surface area contributed by atoms with Crippen LogP contribution in [0.3, 0.4) is 0 Å². The summed E-state index contributed by atoms with van der Waals surface area (Å²) in [5, 5.41) is 22.8. The molecule has 0 bridgehead atoms. The van der Waals surface area contributed by atoms with Crippen molar-refractivity contribution < 1.29 is 19.8 Å². The molecule has 5 heteroatoms. The van der Waals surface area contributed by atoms with Crippen LogP contribution < -0.4 is 0 Å². The molecule has 9 atom stereocenters. The van der Waals surface area contributed by atoms with Crippen molar-refractivity contribution in [3.8, 4) is 0 Å². The molecule has 0 aromatic rings. The summed E-state index contributed by atoms with van der Waals surface area (Å²) < 4.78 is 0. The first kappa shape index (κ1) is 18.1. The largest absolute Gasteiger partial charge is 0.393 e. The lowest BCUT2D eigenvalue weighted by atomic mass is 9.47. The van der Waals surface area contributed by atoms with Gasteiger partial charge in [0.1, 0.15) is 5.60 Å². The number of rotatable bonds is 1. The first-order valence-electron chi connectivity index (χ1n) is 10.1. The molecule has 0 heterocycles. The lowest BCUT2D eigenvalue weighted by Gasteiger charge is -2.57. The van der Waals surface area contributed by atoms with Gasteiger partial charge in [0.2, 0.25) is 0 Å². The number of allylic oxidation sites excluding steroid dienone is 4. The second-order valence-corrected chi connectivity index (χ2v) is 10.5. The van der Waals surface area contributed by atoms with Crippen molar-refractivity contribution in [1.82, 2.24) is 0 Å². The van der Waals surface area contributed by atoms with Crippen LogP contribution in [0.4, 0.5) is 0 Å². The van der Waals surface area contributed by atoms with Crippen LogP contribution in [0.25, 0.3) is 0 Å². The number of hydrogen-bond donors (Lipinski definition) is 2. The molecule has 27 heavy (non-hydrogen) atoms. The number of Topliss-reactive ketones (excluding diaryl/α,β-unsaturated/α-hetero) is 1. The highest BCUT2D eigenvalue weighted by Gasteiger charge is 2.71. The van der Waals surface area contributed by atoms with Crippen LogP contribution in [0.15, 0.2) is 22.8 Å². The van der Waals surface area contributed by atoms with E-state index in [1.165, 1.54) is 6.92 Å². The van der Waals surface area contributed by atoms with Crippen LogP contribution in [0.2, 0.25) is 0 Å². The van der Waals surface area contributed by atoms with Gasteiger partial charge in [-0.1, -0.05) is 31.5 Å². The van der Waals surface area contributed by atoms with E-state index in [0.29, 0.717) is 17.4 Å². The molecule has 0 unspecified atom stereocenters. The molecule has 4 nitrogen and oxygen atoms in total. The average Bonchev–Trinajstić information content (AvgIpc) is 3.35. The zero-order valence-electron chi connectivity index (χ0n) is 16.0. The van der Waals surface area contributed by atoms with E-state index in [4.69, 9.17) is 11.6 Å². The Kier molecular flexibility index (Phi) is 3.44. The second kappa shape index (κ2) is 5.14. The van der Waals surface area contributed by atoms with Gasteiger partial charge in [-0.05, 0) is 55.6 Å². The summed E-state index contributed by atoms with van der Waals surface area (Å²) in [7, 11) is 0. The molecular formula is C22H27ClO4. The molecule has 5 aliphatic carbocycles. The number of carbonyl (C=O) groups excluding carboxylic acids is 2. The monoisotopic (exact) mass is 390 g/mol. The van der Waals surface area contributed by atoms with E-state index in [-0.39, 0.29) is 47.1 Å². The summed E-state index contributed by atoms with van der Waals surface area (Å²) in [6, 6.07) is 0. The normalized spacial score (nSPS) is 55.6. The fraction of sp³-hybridized carbons (Fsp3) is 0.727. The highest BCUT2D eigenvalue weighted by atomic mass is 35.5. The fourth-order valence-corrected chi connectivity index (χ4v) is 8.02. The topological polar surface area (TPSA) is 74.6 Å². The SMILES string of the molecule is CC(=O)[C@@]1(O)C[C@@H](O)[C@H]2[C@@H]3C=C(Cl)C4=CC(=O)[C@H]5C[C@@H]5[C@]4(C)[C@H]3CC[C@@]21C. The summed E-state index contributed by atoms with van der Waals surface area (Å²) >= 11 is 6.70. The molecule has 3 fully saturated rings. The minimum absolute atomic E-state index is 0.0104. The van der Waals surface area contributed by atoms with Crippen LogP contribution in [0.1, 0.15) is 46.5 Å². The number of ketones is 2. The van der Waals surface area contributed by atoms with Gasteiger partial charge in [-0.3, -0.25) is 9.59 Å². The van der Waals surface area contributed by atoms with Crippen LogP contribution >= 0.6 is 11.6 Å². The van der Waals surface area contributed by atoms with Gasteiger partial charge in [0.25, 0.3) is 0 Å². The Labute approximate surface area is 164 Å². The molecule has 3 saturated carbocycles. The van der Waals surface area contributed by atoms with Crippen LogP contribution in [-0.2, 0) is 9.59 Å². The Hall–Kier alpha value is -0.970. The average molecular weight is 391 g/mol. The maximum atomic E-state index is 12.3. The van der Waals surface area contributed by atoms with Gasteiger partial charge >= 0.3 is 0 Å². The van der Waals surface area contributed by atoms with Crippen molar-refractivity contribution in [2.45, 2.75) is 58.2 Å². The zero-order valence-corrected chi connectivity index (χ0v) is 16.8. The fourth-order valence-electron chi connectivity index (χ4n) is 7.62. The Morgan fingerprint density at radius 3 is 2.67 bits per heavy atom. The predicted molar refractivity (Wildman–Crippen MR) is 101 cm³/mol. The molecule has 5 aliphatic rings. The standard InChI is InChI=1S/C22H27ClO4/c1-10(24)22(27)9-18(26)19-12-7-16(23)15-8-17(25)11-6-14(11)21(15,3)13(12)4-5-20(19,22)2/h7-8,11-14,18-19,26-27H,4-6,9H2,1-3H3/t11-,12+,13-,14-,18+,19+,20-,21-,22-/m0/s1. The molecular weight excluding hydrogens is 364 g/mol. The number of aliphatic hydroxyl groups excluding tert-OH is 1. The van der Waals surface area contributed by atoms with Gasteiger partial charge in [0.15, 0.2) is 11.6 Å². The predicted octanol–water partition coefficient (Wildman–Crippen LogP) is 3.01. The summed E-state index contributed by atoms with van der Waals surface area (Å²) in [6.07, 6.45) is 5.62. The Morgan fingerprint density at radius 1 is 1.30 bits per heavy atom. The van der Waals surface area contributed by atoms with Gasteiger partial charge in [0.05, 0.1) is 6.10 Å². The third-order valence-electron chi connectivity index (χ3n) is 9.20. The molecule has 0 amide bonds. The van der Waals surface area contributed by atoms with Crippen LogP contribution in [0.5, 0.6) is 0 Å². The highest BCUT2D eigenvalue weighted by molar-refractivity contribution is 6.32. The summed E-state index contributed by atoms with van der Waals surface area (Å²) in [4.78, 5) is 24.6. The number of aliphatic hydroxyl groups is 2. The molecule has 0 saturated heterocycles. The lowest BCUT2D eigenvalue weighted by Crippen LogP contribution is -2.57. The van der Waals surface area contributed by atoms with Crippen molar-refractivity contribution in [3.63, 3.8) is 0 Å². The van der Waals surface area contributed by atoms with E-state index in [2.05, 4.69) is 6.92 Å². The van der Waals surface area contributed by atoms with Gasteiger partial charge in [-0.25, -0.2) is 0 Å². The minimum atomic E-state index is -1.48. The minimum Gasteiger partial charge on any atom is -0.393 e. The van der Waals surface area contributed by atoms with Gasteiger partial charge in [-0.2, -0.15) is 0 Å². The molecule has 0 spiro atoms. The van der Waals surface area contributed by atoms with Crippen LogP contribution in [-0.4, -0.2) is 33.5 Å². The van der Waals surface area contributed by atoms with Gasteiger partial charge in [0, 0.05) is 34.1 Å². The van der Waals surface area contributed by atoms with Gasteiger partial charge in [-0.15, -0.1) is 0 Å². The van der Waals surface area contributed by atoms with E-state index in [0.717, 1.165) is 18.4 Å². The Balaban J connectivity index is 1.64. The van der Waals surface area contributed by atoms with Crippen molar-refractivity contribution >= 4 is 23.2 Å². The van der Waals surface area contributed by atoms with Gasteiger partial charge < -0.3 is 10.2 Å². The number of halogens is 1. The van der Waals surface area contributed by atoms with E-state index in [1.807, 2.05) is 13.0 Å². The maximum absolute atomic E-state index is 12.3. The molecule has 0 aliphatic heterocycles. The van der Waals surface area contributed by atoms with Crippen molar-refractivity contribution in [3.05, 3.63) is 22.8 Å². The van der Waals surface area contributed by atoms with Crippen molar-refractivity contribution in [2.24, 2.45) is 40.4 Å². The maximum Gasteiger partial charge on any atom is 0.161 e. The number of hydrogen-bond acceptors (Lipinski definition) is 4. The summed E-state index contributed by atoms with van der Waals surface area (Å²) in [5.41, 5.74) is -1.33. The summed E-state index contributed by atoms with van der Waals surface area (Å²) in [6.45, 7) is 5.63. The molecule has 146 valence electrons. The quantitative estimate of drug-likeness (QED) is 0.721. The Bertz CT molecular complexity index is 830. The van der Waals surface area contributed by atoms with Crippen molar-refractivity contribution in [2.75, 3.05) is 0 Å². The first-order chi connectivity index (χ1) is 12.6. The molecule has 5 rings (SSSR count). The summed E-state index contributed by atoms with van der Waals surface area (Å²) in [5.74, 6) is 0.477. The third-order valence-corrected chi connectivity index (χ3v) is 9.53. The first-order valence-corrected chi connectivity index (χ1v) is 10.5. The molecule has 0 aromatic heterocycles. The van der Waals surface area contributed by atoms with E-state index in [1.54, 1.807) is 6.08 Å². The third kappa shape index (κ3) is 1.93. The zero-order chi connectivity index (χ0) is 19.5. The van der Waals surface area contributed by atoms with Crippen LogP contribution in [0, 0.1) is 40.4 Å². The van der Waals surface area contributed by atoms with E-state index >= 15 is 0 Å². The molecule has 0 aromatic carbocycles.